The highest BCUT2D eigenvalue weighted by Crippen LogP contribution is 2.41. The number of aromatic nitrogens is 3. The molecule has 0 saturated carbocycles. The van der Waals surface area contributed by atoms with Crippen molar-refractivity contribution < 1.29 is 4.39 Å². The lowest BCUT2D eigenvalue weighted by atomic mass is 10.0. The van der Waals surface area contributed by atoms with Crippen LogP contribution in [0.1, 0.15) is 5.56 Å². The second kappa shape index (κ2) is 15.7. The van der Waals surface area contributed by atoms with Gasteiger partial charge in [-0.25, -0.2) is 8.91 Å². The summed E-state index contributed by atoms with van der Waals surface area (Å²) in [6, 6.07) is 80.2. The molecule has 9 aromatic carbocycles. The summed E-state index contributed by atoms with van der Waals surface area (Å²) in [5, 5.41) is 9.51. The van der Waals surface area contributed by atoms with E-state index in [9.17, 15) is 4.39 Å². The summed E-state index contributed by atoms with van der Waals surface area (Å²) >= 11 is 0. The summed E-state index contributed by atoms with van der Waals surface area (Å²) in [4.78, 5) is 2.30. The zero-order valence-electron chi connectivity index (χ0n) is 35.6. The molecule has 308 valence electrons. The zero-order valence-corrected chi connectivity index (χ0v) is 35.6. The lowest BCUT2D eigenvalue weighted by molar-refractivity contribution is 0.630. The number of pyridine rings is 1. The number of fused-ring (bicyclic) bond motifs is 6. The first-order valence-corrected chi connectivity index (χ1v) is 22.0. The van der Waals surface area contributed by atoms with Crippen molar-refractivity contribution in [2.45, 2.75) is 6.92 Å². The summed E-state index contributed by atoms with van der Waals surface area (Å²) < 4.78 is 19.1. The normalized spacial score (nSPS) is 11.5. The third kappa shape index (κ3) is 6.64. The number of para-hydroxylation sites is 2. The molecular formula is C60H41FN4. The van der Waals surface area contributed by atoms with Crippen molar-refractivity contribution in [2.75, 3.05) is 4.90 Å². The smallest absolute Gasteiger partial charge is 0.123 e. The maximum atomic E-state index is 14.8. The van der Waals surface area contributed by atoms with Gasteiger partial charge in [-0.1, -0.05) is 146 Å². The van der Waals surface area contributed by atoms with Gasteiger partial charge in [0.15, 0.2) is 0 Å². The molecule has 12 rings (SSSR count). The molecule has 0 fully saturated rings. The largest absolute Gasteiger partial charge is 0.311 e. The third-order valence-corrected chi connectivity index (χ3v) is 12.8. The first-order chi connectivity index (χ1) is 32.1. The third-order valence-electron chi connectivity index (χ3n) is 12.8. The molecule has 0 unspecified atom stereocenters. The average Bonchev–Trinajstić information content (AvgIpc) is 3.90. The van der Waals surface area contributed by atoms with E-state index in [0.29, 0.717) is 0 Å². The molecule has 0 N–H and O–H groups in total. The SMILES string of the molecule is Cc1c(-c2ccc(N(c3ccc(-c4ccccc4)cc3)c3ccc(-c4ccc5c(c4)c4ccccc4n5-c4ccccc4)cc3)cc2)nn2c(-c3ccccc3)cc3ccc(F)cc3c12. The molecule has 12 aromatic rings. The van der Waals surface area contributed by atoms with Crippen molar-refractivity contribution in [3.05, 3.63) is 242 Å². The summed E-state index contributed by atoms with van der Waals surface area (Å²) in [5.74, 6) is -0.267. The van der Waals surface area contributed by atoms with Gasteiger partial charge >= 0.3 is 0 Å². The monoisotopic (exact) mass is 836 g/mol. The van der Waals surface area contributed by atoms with Crippen LogP contribution in [-0.2, 0) is 0 Å². The number of anilines is 3. The van der Waals surface area contributed by atoms with Crippen LogP contribution in [0.5, 0.6) is 0 Å². The highest BCUT2D eigenvalue weighted by Gasteiger charge is 2.20. The summed E-state index contributed by atoms with van der Waals surface area (Å²) in [6.45, 7) is 2.09. The topological polar surface area (TPSA) is 25.5 Å². The predicted molar refractivity (Wildman–Crippen MR) is 268 cm³/mol. The maximum absolute atomic E-state index is 14.8. The first-order valence-electron chi connectivity index (χ1n) is 22.0. The van der Waals surface area contributed by atoms with Crippen molar-refractivity contribution in [1.82, 2.24) is 14.2 Å². The molecule has 0 bridgehead atoms. The van der Waals surface area contributed by atoms with Gasteiger partial charge in [-0.2, -0.15) is 5.10 Å². The van der Waals surface area contributed by atoms with E-state index in [4.69, 9.17) is 5.10 Å². The van der Waals surface area contributed by atoms with Crippen LogP contribution in [-0.4, -0.2) is 14.2 Å². The average molecular weight is 837 g/mol. The Kier molecular flexibility index (Phi) is 9.20. The van der Waals surface area contributed by atoms with Gasteiger partial charge in [0.05, 0.1) is 27.9 Å². The van der Waals surface area contributed by atoms with Crippen LogP contribution in [0.25, 0.3) is 88.6 Å². The molecule has 0 radical (unpaired) electrons. The molecular weight excluding hydrogens is 796 g/mol. The van der Waals surface area contributed by atoms with E-state index in [0.717, 1.165) is 83.8 Å². The minimum absolute atomic E-state index is 0.267. The van der Waals surface area contributed by atoms with E-state index < -0.39 is 0 Å². The lowest BCUT2D eigenvalue weighted by Gasteiger charge is -2.26. The Labute approximate surface area is 376 Å². The zero-order chi connectivity index (χ0) is 43.4. The molecule has 0 spiro atoms. The second-order valence-corrected chi connectivity index (χ2v) is 16.6. The number of aryl methyl sites for hydroxylation is 1. The Hall–Kier alpha value is -8.54. The van der Waals surface area contributed by atoms with Crippen molar-refractivity contribution in [1.29, 1.82) is 0 Å². The minimum Gasteiger partial charge on any atom is -0.311 e. The minimum atomic E-state index is -0.267. The summed E-state index contributed by atoms with van der Waals surface area (Å²) in [7, 11) is 0. The predicted octanol–water partition coefficient (Wildman–Crippen LogP) is 16.2. The number of rotatable bonds is 8. The molecule has 0 atom stereocenters. The number of nitrogens with zero attached hydrogens (tertiary/aromatic N) is 4. The van der Waals surface area contributed by atoms with Crippen LogP contribution in [0, 0.1) is 12.7 Å². The Balaban J connectivity index is 0.942. The Bertz CT molecular complexity index is 3690. The number of benzene rings is 9. The fraction of sp³-hybridized carbons (Fsp3) is 0.0167. The number of halogens is 1. The second-order valence-electron chi connectivity index (χ2n) is 16.6. The quantitative estimate of drug-likeness (QED) is 0.152. The van der Waals surface area contributed by atoms with E-state index >= 15 is 0 Å². The van der Waals surface area contributed by atoms with E-state index in [1.54, 1.807) is 6.07 Å². The summed E-state index contributed by atoms with van der Waals surface area (Å²) in [6.07, 6.45) is 0. The van der Waals surface area contributed by atoms with Crippen molar-refractivity contribution in [2.24, 2.45) is 0 Å². The Morgan fingerprint density at radius 1 is 0.415 bits per heavy atom. The molecule has 4 nitrogen and oxygen atoms in total. The molecule has 0 saturated heterocycles. The number of hydrogen-bond donors (Lipinski definition) is 0. The molecule has 65 heavy (non-hydrogen) atoms. The van der Waals surface area contributed by atoms with Gasteiger partial charge in [-0.15, -0.1) is 0 Å². The van der Waals surface area contributed by atoms with E-state index in [1.165, 1.54) is 33.4 Å². The van der Waals surface area contributed by atoms with Crippen molar-refractivity contribution >= 4 is 55.2 Å². The lowest BCUT2D eigenvalue weighted by Crippen LogP contribution is -2.09. The maximum Gasteiger partial charge on any atom is 0.123 e. The fourth-order valence-corrected chi connectivity index (χ4v) is 9.60. The van der Waals surface area contributed by atoms with Crippen LogP contribution in [0.3, 0.4) is 0 Å². The fourth-order valence-electron chi connectivity index (χ4n) is 9.60. The van der Waals surface area contributed by atoms with E-state index in [1.807, 2.05) is 34.8 Å². The highest BCUT2D eigenvalue weighted by atomic mass is 19.1. The van der Waals surface area contributed by atoms with Crippen LogP contribution in [0.4, 0.5) is 21.5 Å². The van der Waals surface area contributed by atoms with Crippen LogP contribution in [0.2, 0.25) is 0 Å². The van der Waals surface area contributed by atoms with Gasteiger partial charge < -0.3 is 9.47 Å². The molecule has 0 aliphatic carbocycles. The van der Waals surface area contributed by atoms with Gasteiger partial charge in [0.1, 0.15) is 5.82 Å². The van der Waals surface area contributed by atoms with Crippen molar-refractivity contribution in [3.8, 4) is 50.5 Å². The molecule has 3 aromatic heterocycles. The number of hydrogen-bond acceptors (Lipinski definition) is 2. The molecule has 0 aliphatic heterocycles. The van der Waals surface area contributed by atoms with Gasteiger partial charge in [-0.05, 0) is 119 Å². The van der Waals surface area contributed by atoms with Crippen molar-refractivity contribution in [3.63, 3.8) is 0 Å². The molecule has 3 heterocycles. The van der Waals surface area contributed by atoms with Crippen LogP contribution in [0.15, 0.2) is 231 Å². The Morgan fingerprint density at radius 3 is 1.60 bits per heavy atom. The molecule has 0 amide bonds. The molecule has 0 aliphatic rings. The standard InChI is InChI=1S/C60H41FN4/c1-40-59(62-65-58(44-15-7-3-8-16-44)38-47-21-29-48(61)39-54(47)60(40)65)45-26-34-52(35-27-45)63(50-30-22-42(23-31-50)41-13-5-2-6-14-41)51-32-24-43(25-33-51)46-28-36-57-55(37-46)53-19-11-12-20-56(53)64(57)49-17-9-4-10-18-49/h2-39H,1H3. The van der Waals surface area contributed by atoms with Crippen LogP contribution < -0.4 is 4.90 Å². The summed E-state index contributed by atoms with van der Waals surface area (Å²) in [5.41, 5.74) is 17.0. The Morgan fingerprint density at radius 2 is 0.938 bits per heavy atom. The molecule has 5 heteroatoms. The van der Waals surface area contributed by atoms with E-state index in [2.05, 4.69) is 204 Å². The van der Waals surface area contributed by atoms with Gasteiger partial charge in [0.2, 0.25) is 0 Å². The first kappa shape index (κ1) is 38.2. The van der Waals surface area contributed by atoms with Gasteiger partial charge in [0, 0.05) is 55.6 Å². The van der Waals surface area contributed by atoms with Gasteiger partial charge in [0.25, 0.3) is 0 Å². The van der Waals surface area contributed by atoms with E-state index in [-0.39, 0.29) is 5.82 Å². The van der Waals surface area contributed by atoms with Gasteiger partial charge in [-0.3, -0.25) is 0 Å². The van der Waals surface area contributed by atoms with Crippen LogP contribution >= 0.6 is 0 Å². The highest BCUT2D eigenvalue weighted by molar-refractivity contribution is 6.10.